The number of alkyl halides is 1. The average molecular weight is 241 g/mol. The molecule has 1 aromatic heterocycles. The number of nitrogens with zero attached hydrogens (tertiary/aromatic N) is 2. The number of aromatic carboxylic acids is 1. The fourth-order valence-electron chi connectivity index (χ4n) is 0.638. The predicted octanol–water partition coefficient (Wildman–Crippen LogP) is 0.921. The first-order valence-corrected chi connectivity index (χ1v) is 4.46. The van der Waals surface area contributed by atoms with Crippen LogP contribution in [0.2, 0.25) is 0 Å². The van der Waals surface area contributed by atoms with Gasteiger partial charge in [-0.1, -0.05) is 27.8 Å². The molecular formula is C8H5BrN2O2. The van der Waals surface area contributed by atoms with Crippen LogP contribution >= 0.6 is 15.9 Å². The molecule has 66 valence electrons. The van der Waals surface area contributed by atoms with E-state index in [4.69, 9.17) is 5.11 Å². The molecule has 0 aliphatic rings. The van der Waals surface area contributed by atoms with Gasteiger partial charge in [-0.2, -0.15) is 0 Å². The summed E-state index contributed by atoms with van der Waals surface area (Å²) in [5.74, 6) is 4.14. The Hall–Kier alpha value is -1.41. The third kappa shape index (κ3) is 2.84. The third-order valence-corrected chi connectivity index (χ3v) is 1.42. The number of carboxylic acid groups (broad SMARTS) is 1. The predicted molar refractivity (Wildman–Crippen MR) is 49.7 cm³/mol. The van der Waals surface area contributed by atoms with Gasteiger partial charge in [-0.3, -0.25) is 0 Å². The van der Waals surface area contributed by atoms with E-state index in [1.54, 1.807) is 0 Å². The second-order valence-electron chi connectivity index (χ2n) is 2.04. The molecule has 0 saturated carbocycles. The summed E-state index contributed by atoms with van der Waals surface area (Å²) in [6, 6.07) is 0. The molecule has 1 aromatic rings. The van der Waals surface area contributed by atoms with Crippen LogP contribution in [0.25, 0.3) is 0 Å². The van der Waals surface area contributed by atoms with Gasteiger partial charge in [-0.25, -0.2) is 14.8 Å². The summed E-state index contributed by atoms with van der Waals surface area (Å²) in [6.45, 7) is 0. The summed E-state index contributed by atoms with van der Waals surface area (Å²) in [5.41, 5.74) is 0.601. The molecular weight excluding hydrogens is 236 g/mol. The fourth-order valence-corrected chi connectivity index (χ4v) is 0.779. The summed E-state index contributed by atoms with van der Waals surface area (Å²) >= 11 is 3.14. The first kappa shape index (κ1) is 9.68. The Labute approximate surface area is 83.2 Å². The maximum atomic E-state index is 10.4. The Balaban J connectivity index is 2.87. The van der Waals surface area contributed by atoms with E-state index < -0.39 is 5.97 Å². The normalized spacial score (nSPS) is 8.69. The van der Waals surface area contributed by atoms with E-state index in [-0.39, 0.29) is 5.82 Å². The molecule has 1 rings (SSSR count). The van der Waals surface area contributed by atoms with Crippen LogP contribution < -0.4 is 0 Å². The highest BCUT2D eigenvalue weighted by Crippen LogP contribution is 1.93. The van der Waals surface area contributed by atoms with Crippen LogP contribution in [0.4, 0.5) is 0 Å². The van der Waals surface area contributed by atoms with Crippen LogP contribution in [0.5, 0.6) is 0 Å². The Kier molecular flexibility index (Phi) is 3.41. The molecule has 1 heterocycles. The summed E-state index contributed by atoms with van der Waals surface area (Å²) in [7, 11) is 0. The van der Waals surface area contributed by atoms with Gasteiger partial charge in [0.1, 0.15) is 0 Å². The number of carbonyl (C=O) groups is 1. The van der Waals surface area contributed by atoms with Crippen molar-refractivity contribution >= 4 is 21.9 Å². The fraction of sp³-hybridized carbons (Fsp3) is 0.125. The molecule has 0 aliphatic heterocycles. The lowest BCUT2D eigenvalue weighted by Crippen LogP contribution is -2.03. The molecule has 0 unspecified atom stereocenters. The average Bonchev–Trinajstić information content (AvgIpc) is 2.15. The van der Waals surface area contributed by atoms with E-state index in [1.165, 1.54) is 12.4 Å². The largest absolute Gasteiger partial charge is 0.475 e. The Morgan fingerprint density at radius 3 is 2.62 bits per heavy atom. The number of halogens is 1. The molecule has 5 heteroatoms. The number of hydrogen-bond acceptors (Lipinski definition) is 3. The van der Waals surface area contributed by atoms with Crippen molar-refractivity contribution in [1.82, 2.24) is 9.97 Å². The van der Waals surface area contributed by atoms with Crippen molar-refractivity contribution in [3.8, 4) is 11.8 Å². The third-order valence-electron chi connectivity index (χ3n) is 1.14. The van der Waals surface area contributed by atoms with Crippen LogP contribution in [0.15, 0.2) is 12.4 Å². The second kappa shape index (κ2) is 4.58. The van der Waals surface area contributed by atoms with Crippen LogP contribution in [-0.2, 0) is 0 Å². The molecule has 0 saturated heterocycles. The van der Waals surface area contributed by atoms with Crippen LogP contribution in [0.3, 0.4) is 0 Å². The molecule has 0 radical (unpaired) electrons. The van der Waals surface area contributed by atoms with Gasteiger partial charge >= 0.3 is 5.97 Å². The lowest BCUT2D eigenvalue weighted by Gasteiger charge is -1.91. The number of hydrogen-bond donors (Lipinski definition) is 1. The maximum absolute atomic E-state index is 10.4. The molecule has 0 amide bonds. The molecule has 0 aliphatic carbocycles. The summed E-state index contributed by atoms with van der Waals surface area (Å²) in [6.07, 6.45) is 2.76. The van der Waals surface area contributed by atoms with Gasteiger partial charge in [0.2, 0.25) is 5.82 Å². The van der Waals surface area contributed by atoms with E-state index in [9.17, 15) is 4.79 Å². The number of aromatic nitrogens is 2. The van der Waals surface area contributed by atoms with Crippen molar-refractivity contribution in [3.05, 3.63) is 23.8 Å². The van der Waals surface area contributed by atoms with Gasteiger partial charge in [0, 0.05) is 12.4 Å². The van der Waals surface area contributed by atoms with Gasteiger partial charge in [-0.15, -0.1) is 0 Å². The van der Waals surface area contributed by atoms with Gasteiger partial charge in [0.25, 0.3) is 0 Å². The zero-order valence-electron chi connectivity index (χ0n) is 6.49. The van der Waals surface area contributed by atoms with Crippen LogP contribution in [-0.4, -0.2) is 26.4 Å². The highest BCUT2D eigenvalue weighted by Gasteiger charge is 2.03. The zero-order valence-corrected chi connectivity index (χ0v) is 8.08. The zero-order chi connectivity index (χ0) is 9.68. The molecule has 0 bridgehead atoms. The van der Waals surface area contributed by atoms with Crippen molar-refractivity contribution < 1.29 is 9.90 Å². The minimum atomic E-state index is -1.14. The van der Waals surface area contributed by atoms with Crippen LogP contribution in [0, 0.1) is 11.8 Å². The first-order chi connectivity index (χ1) is 6.24. The van der Waals surface area contributed by atoms with Gasteiger partial charge in [0.15, 0.2) is 0 Å². The van der Waals surface area contributed by atoms with E-state index in [2.05, 4.69) is 37.7 Å². The standard InChI is InChI=1S/C8H5BrN2O2/c9-3-1-2-6-4-10-7(8(12)13)11-5-6/h4-5H,3H2,(H,12,13). The van der Waals surface area contributed by atoms with Crippen LogP contribution in [0.1, 0.15) is 16.2 Å². The number of carboxylic acids is 1. The Bertz CT molecular complexity index is 364. The second-order valence-corrected chi connectivity index (χ2v) is 2.60. The van der Waals surface area contributed by atoms with E-state index in [0.29, 0.717) is 10.9 Å². The SMILES string of the molecule is O=C(O)c1ncc(C#CCBr)cn1. The minimum absolute atomic E-state index is 0.218. The van der Waals surface area contributed by atoms with Crippen molar-refractivity contribution in [2.24, 2.45) is 0 Å². The molecule has 1 N–H and O–H groups in total. The van der Waals surface area contributed by atoms with Crippen molar-refractivity contribution in [2.45, 2.75) is 0 Å². The molecule has 0 spiro atoms. The topological polar surface area (TPSA) is 63.1 Å². The van der Waals surface area contributed by atoms with Gasteiger partial charge < -0.3 is 5.11 Å². The Morgan fingerprint density at radius 2 is 2.15 bits per heavy atom. The monoisotopic (exact) mass is 240 g/mol. The van der Waals surface area contributed by atoms with E-state index in [1.807, 2.05) is 0 Å². The summed E-state index contributed by atoms with van der Waals surface area (Å²) < 4.78 is 0. The van der Waals surface area contributed by atoms with E-state index >= 15 is 0 Å². The van der Waals surface area contributed by atoms with E-state index in [0.717, 1.165) is 0 Å². The lowest BCUT2D eigenvalue weighted by atomic mass is 10.3. The highest BCUT2D eigenvalue weighted by molar-refractivity contribution is 9.09. The molecule has 0 fully saturated rings. The maximum Gasteiger partial charge on any atom is 0.373 e. The van der Waals surface area contributed by atoms with Crippen molar-refractivity contribution in [2.75, 3.05) is 5.33 Å². The summed E-state index contributed by atoms with van der Waals surface area (Å²) in [4.78, 5) is 17.6. The highest BCUT2D eigenvalue weighted by atomic mass is 79.9. The minimum Gasteiger partial charge on any atom is -0.475 e. The Morgan fingerprint density at radius 1 is 1.54 bits per heavy atom. The summed E-state index contributed by atoms with van der Waals surface area (Å²) in [5, 5.41) is 9.05. The van der Waals surface area contributed by atoms with Crippen molar-refractivity contribution in [1.29, 1.82) is 0 Å². The quantitative estimate of drug-likeness (QED) is 0.586. The van der Waals surface area contributed by atoms with Gasteiger partial charge in [0.05, 0.1) is 10.9 Å². The lowest BCUT2D eigenvalue weighted by molar-refractivity contribution is 0.0683. The molecule has 0 aromatic carbocycles. The molecule has 4 nitrogen and oxygen atoms in total. The van der Waals surface area contributed by atoms with Crippen molar-refractivity contribution in [3.63, 3.8) is 0 Å². The molecule has 0 atom stereocenters. The first-order valence-electron chi connectivity index (χ1n) is 3.34. The smallest absolute Gasteiger partial charge is 0.373 e. The molecule has 13 heavy (non-hydrogen) atoms. The van der Waals surface area contributed by atoms with Gasteiger partial charge in [-0.05, 0) is 0 Å². The number of rotatable bonds is 1.